The topological polar surface area (TPSA) is 37.4 Å². The molecule has 4 heteroatoms. The molecule has 1 aromatic rings. The Kier molecular flexibility index (Phi) is 4.02. The van der Waals surface area contributed by atoms with E-state index in [0.717, 1.165) is 16.7 Å². The van der Waals surface area contributed by atoms with Crippen LogP contribution < -0.4 is 0 Å². The maximum Gasteiger partial charge on any atom is 0.220 e. The third kappa shape index (κ3) is 2.72. The van der Waals surface area contributed by atoms with Gasteiger partial charge in [0.05, 0.1) is 0 Å². The number of Topliss-reactive ketones (excluding diaryl/α,β-unsaturated/α-hetero) is 1. The van der Waals surface area contributed by atoms with Gasteiger partial charge in [0.25, 0.3) is 0 Å². The molecule has 0 saturated carbocycles. The molecule has 0 aliphatic carbocycles. The minimum atomic E-state index is 0.0706. The van der Waals surface area contributed by atoms with E-state index in [2.05, 4.69) is 0 Å². The van der Waals surface area contributed by atoms with Crippen molar-refractivity contribution in [3.63, 3.8) is 0 Å². The second-order valence-electron chi connectivity index (χ2n) is 4.57. The Hall–Kier alpha value is -1.35. The second-order valence-corrected chi connectivity index (χ2v) is 4.95. The highest BCUT2D eigenvalue weighted by molar-refractivity contribution is 6.18. The van der Waals surface area contributed by atoms with Crippen LogP contribution in [0.15, 0.2) is 18.2 Å². The molecule has 0 N–H and O–H groups in total. The highest BCUT2D eigenvalue weighted by Gasteiger charge is 2.21. The number of carbonyl (C=O) groups is 2. The van der Waals surface area contributed by atoms with E-state index >= 15 is 0 Å². The average Bonchev–Trinajstić information content (AvgIpc) is 2.78. The van der Waals surface area contributed by atoms with Gasteiger partial charge in [-0.15, -0.1) is 11.6 Å². The molecule has 3 nitrogen and oxygen atoms in total. The van der Waals surface area contributed by atoms with Crippen LogP contribution in [0.5, 0.6) is 0 Å². The molecule has 2 rings (SSSR count). The number of hydrogen-bond donors (Lipinski definition) is 0. The number of alkyl halides is 1. The summed E-state index contributed by atoms with van der Waals surface area (Å²) < 4.78 is 0. The van der Waals surface area contributed by atoms with Crippen LogP contribution in [0.2, 0.25) is 0 Å². The van der Waals surface area contributed by atoms with Gasteiger partial charge >= 0.3 is 0 Å². The zero-order chi connectivity index (χ0) is 13.1. The Labute approximate surface area is 112 Å². The van der Waals surface area contributed by atoms with Crippen molar-refractivity contribution in [3.8, 4) is 0 Å². The van der Waals surface area contributed by atoms with Crippen molar-refractivity contribution < 1.29 is 9.59 Å². The minimum absolute atomic E-state index is 0.0706. The van der Waals surface area contributed by atoms with Gasteiger partial charge in [0.1, 0.15) is 0 Å². The fraction of sp³-hybridized carbons (Fsp3) is 0.429. The molecule has 0 bridgehead atoms. The Bertz CT molecular complexity index is 485. The lowest BCUT2D eigenvalue weighted by molar-refractivity contribution is -0.129. The first kappa shape index (κ1) is 13.1. The molecular formula is C14H16ClNO2. The largest absolute Gasteiger partial charge is 0.334 e. The SMILES string of the molecule is CC(=O)N1Cc2ccc(C(=O)CCCCl)cc2C1. The van der Waals surface area contributed by atoms with Crippen LogP contribution in [0.25, 0.3) is 0 Å². The number of benzene rings is 1. The zero-order valence-corrected chi connectivity index (χ0v) is 11.2. The molecule has 1 aliphatic heterocycles. The quantitative estimate of drug-likeness (QED) is 0.620. The Balaban J connectivity index is 2.13. The summed E-state index contributed by atoms with van der Waals surface area (Å²) in [7, 11) is 0. The van der Waals surface area contributed by atoms with Crippen molar-refractivity contribution in [1.29, 1.82) is 0 Å². The molecule has 1 amide bonds. The van der Waals surface area contributed by atoms with Crippen LogP contribution in [-0.2, 0) is 17.9 Å². The summed E-state index contributed by atoms with van der Waals surface area (Å²) in [5, 5.41) is 0. The third-order valence-electron chi connectivity index (χ3n) is 3.23. The van der Waals surface area contributed by atoms with Gasteiger partial charge in [0, 0.05) is 37.9 Å². The maximum atomic E-state index is 11.9. The van der Waals surface area contributed by atoms with Crippen molar-refractivity contribution in [2.45, 2.75) is 32.9 Å². The van der Waals surface area contributed by atoms with Gasteiger partial charge in [0.15, 0.2) is 5.78 Å². The minimum Gasteiger partial charge on any atom is -0.334 e. The lowest BCUT2D eigenvalue weighted by atomic mass is 10.0. The smallest absolute Gasteiger partial charge is 0.220 e. The number of amides is 1. The molecule has 0 unspecified atom stereocenters. The maximum absolute atomic E-state index is 11.9. The summed E-state index contributed by atoms with van der Waals surface area (Å²) in [5.41, 5.74) is 2.95. The lowest BCUT2D eigenvalue weighted by Crippen LogP contribution is -2.21. The van der Waals surface area contributed by atoms with E-state index < -0.39 is 0 Å². The third-order valence-corrected chi connectivity index (χ3v) is 3.50. The van der Waals surface area contributed by atoms with Gasteiger partial charge in [-0.2, -0.15) is 0 Å². The van der Waals surface area contributed by atoms with Crippen molar-refractivity contribution in [1.82, 2.24) is 4.90 Å². The van der Waals surface area contributed by atoms with Crippen LogP contribution >= 0.6 is 11.6 Å². The van der Waals surface area contributed by atoms with E-state index in [1.165, 1.54) is 0 Å². The number of hydrogen-bond acceptors (Lipinski definition) is 2. The number of nitrogens with zero attached hydrogens (tertiary/aromatic N) is 1. The van der Waals surface area contributed by atoms with Gasteiger partial charge in [-0.25, -0.2) is 0 Å². The number of carbonyl (C=O) groups excluding carboxylic acids is 2. The number of rotatable bonds is 4. The van der Waals surface area contributed by atoms with Crippen molar-refractivity contribution in [2.75, 3.05) is 5.88 Å². The highest BCUT2D eigenvalue weighted by Crippen LogP contribution is 2.24. The molecular weight excluding hydrogens is 250 g/mol. The highest BCUT2D eigenvalue weighted by atomic mass is 35.5. The average molecular weight is 266 g/mol. The van der Waals surface area contributed by atoms with E-state index in [-0.39, 0.29) is 11.7 Å². The first-order valence-electron chi connectivity index (χ1n) is 6.08. The predicted octanol–water partition coefficient (Wildman–Crippen LogP) is 2.75. The zero-order valence-electron chi connectivity index (χ0n) is 10.4. The van der Waals surface area contributed by atoms with Crippen molar-refractivity contribution >= 4 is 23.3 Å². The molecule has 0 aromatic heterocycles. The fourth-order valence-corrected chi connectivity index (χ4v) is 2.30. The Morgan fingerprint density at radius 3 is 2.67 bits per heavy atom. The normalized spacial score (nSPS) is 13.6. The molecule has 96 valence electrons. The van der Waals surface area contributed by atoms with E-state index in [1.54, 1.807) is 11.8 Å². The Morgan fingerprint density at radius 2 is 2.00 bits per heavy atom. The van der Waals surface area contributed by atoms with Crippen molar-refractivity contribution in [2.24, 2.45) is 0 Å². The van der Waals surface area contributed by atoms with Crippen LogP contribution in [0, 0.1) is 0 Å². The summed E-state index contributed by atoms with van der Waals surface area (Å²) in [6.07, 6.45) is 1.19. The molecule has 0 radical (unpaired) electrons. The van der Waals surface area contributed by atoms with Crippen LogP contribution in [0.3, 0.4) is 0 Å². The fourth-order valence-electron chi connectivity index (χ4n) is 2.16. The van der Waals surface area contributed by atoms with Crippen molar-refractivity contribution in [3.05, 3.63) is 34.9 Å². The molecule has 1 aliphatic rings. The van der Waals surface area contributed by atoms with Gasteiger partial charge in [0.2, 0.25) is 5.91 Å². The summed E-state index contributed by atoms with van der Waals surface area (Å²) in [6, 6.07) is 5.71. The second kappa shape index (κ2) is 5.53. The van der Waals surface area contributed by atoms with Crippen LogP contribution in [0.1, 0.15) is 41.3 Å². The van der Waals surface area contributed by atoms with Gasteiger partial charge in [-0.1, -0.05) is 12.1 Å². The molecule has 1 aromatic carbocycles. The van der Waals surface area contributed by atoms with Gasteiger partial charge in [-0.05, 0) is 23.6 Å². The lowest BCUT2D eigenvalue weighted by Gasteiger charge is -2.11. The molecule has 0 fully saturated rings. The van der Waals surface area contributed by atoms with E-state index in [9.17, 15) is 9.59 Å². The van der Waals surface area contributed by atoms with E-state index in [0.29, 0.717) is 31.8 Å². The summed E-state index contributed by atoms with van der Waals surface area (Å²) >= 11 is 5.58. The molecule has 0 spiro atoms. The molecule has 1 heterocycles. The number of halogens is 1. The molecule has 0 atom stereocenters. The Morgan fingerprint density at radius 1 is 1.28 bits per heavy atom. The summed E-state index contributed by atoms with van der Waals surface area (Å²) in [5.74, 6) is 0.704. The van der Waals surface area contributed by atoms with E-state index in [1.807, 2.05) is 18.2 Å². The predicted molar refractivity (Wildman–Crippen MR) is 70.7 cm³/mol. The first-order chi connectivity index (χ1) is 8.61. The monoisotopic (exact) mass is 265 g/mol. The number of ketones is 1. The first-order valence-corrected chi connectivity index (χ1v) is 6.61. The van der Waals surface area contributed by atoms with E-state index in [4.69, 9.17) is 11.6 Å². The van der Waals surface area contributed by atoms with Crippen LogP contribution in [-0.4, -0.2) is 22.5 Å². The van der Waals surface area contributed by atoms with Gasteiger partial charge in [-0.3, -0.25) is 9.59 Å². The summed E-state index contributed by atoms with van der Waals surface area (Å²) in [6.45, 7) is 2.83. The molecule has 18 heavy (non-hydrogen) atoms. The standard InChI is InChI=1S/C14H16ClNO2/c1-10(17)16-8-12-5-4-11(7-13(12)9-16)14(18)3-2-6-15/h4-5,7H,2-3,6,8-9H2,1H3. The van der Waals surface area contributed by atoms with Gasteiger partial charge < -0.3 is 4.90 Å². The summed E-state index contributed by atoms with van der Waals surface area (Å²) in [4.78, 5) is 25.0. The van der Waals surface area contributed by atoms with Crippen LogP contribution in [0.4, 0.5) is 0 Å². The number of fused-ring (bicyclic) bond motifs is 1. The molecule has 0 saturated heterocycles.